The predicted octanol–water partition coefficient (Wildman–Crippen LogP) is 3.61. The second-order valence-corrected chi connectivity index (χ2v) is 8.49. The third-order valence-electron chi connectivity index (χ3n) is 6.22. The van der Waals surface area contributed by atoms with Crippen molar-refractivity contribution in [2.24, 2.45) is 11.3 Å². The van der Waals surface area contributed by atoms with Gasteiger partial charge in [0.05, 0.1) is 5.41 Å². The molecule has 2 aromatic rings. The van der Waals surface area contributed by atoms with E-state index in [0.717, 1.165) is 48.9 Å². The highest BCUT2D eigenvalue weighted by Gasteiger charge is 2.45. The maximum absolute atomic E-state index is 13.4. The molecule has 1 aromatic heterocycles. The highest BCUT2D eigenvalue weighted by molar-refractivity contribution is 5.86. The van der Waals surface area contributed by atoms with Gasteiger partial charge in [-0.1, -0.05) is 36.4 Å². The molecule has 0 radical (unpaired) electrons. The molecule has 1 atom stereocenters. The zero-order chi connectivity index (χ0) is 21.0. The number of hydrogen-bond donors (Lipinski definition) is 1. The van der Waals surface area contributed by atoms with Crippen molar-refractivity contribution < 1.29 is 9.59 Å². The third-order valence-corrected chi connectivity index (χ3v) is 6.22. The quantitative estimate of drug-likeness (QED) is 0.719. The largest absolute Gasteiger partial charge is 0.352 e. The van der Waals surface area contributed by atoms with E-state index < -0.39 is 5.41 Å². The van der Waals surface area contributed by atoms with Crippen molar-refractivity contribution in [3.8, 4) is 11.1 Å². The van der Waals surface area contributed by atoms with Crippen molar-refractivity contribution in [1.29, 1.82) is 0 Å². The Kier molecular flexibility index (Phi) is 5.98. The van der Waals surface area contributed by atoms with Gasteiger partial charge in [0.25, 0.3) is 0 Å². The zero-order valence-corrected chi connectivity index (χ0v) is 17.3. The molecule has 30 heavy (non-hydrogen) atoms. The van der Waals surface area contributed by atoms with Crippen LogP contribution in [0.1, 0.15) is 31.2 Å². The molecule has 1 aromatic carbocycles. The maximum Gasteiger partial charge on any atom is 0.228 e. The lowest BCUT2D eigenvalue weighted by molar-refractivity contribution is -0.142. The van der Waals surface area contributed by atoms with E-state index in [1.165, 1.54) is 0 Å². The first-order valence-electron chi connectivity index (χ1n) is 10.8. The number of carbonyl (C=O) groups is 2. The molecule has 2 amide bonds. The number of carbonyl (C=O) groups excluding carboxylic acids is 2. The Labute approximate surface area is 178 Å². The lowest BCUT2D eigenvalue weighted by atomic mass is 9.73. The van der Waals surface area contributed by atoms with Crippen molar-refractivity contribution in [2.75, 3.05) is 19.6 Å². The summed E-state index contributed by atoms with van der Waals surface area (Å²) in [5.74, 6) is 0.396. The van der Waals surface area contributed by atoms with Crippen LogP contribution in [0.2, 0.25) is 0 Å². The van der Waals surface area contributed by atoms with Gasteiger partial charge in [-0.2, -0.15) is 0 Å². The van der Waals surface area contributed by atoms with E-state index in [2.05, 4.69) is 29.0 Å². The van der Waals surface area contributed by atoms with Crippen LogP contribution >= 0.6 is 0 Å². The molecule has 0 spiro atoms. The van der Waals surface area contributed by atoms with Crippen LogP contribution in [0.5, 0.6) is 0 Å². The molecular weight excluding hydrogens is 374 g/mol. The predicted molar refractivity (Wildman–Crippen MR) is 118 cm³/mol. The van der Waals surface area contributed by atoms with E-state index in [1.54, 1.807) is 12.3 Å². The summed E-state index contributed by atoms with van der Waals surface area (Å²) in [4.78, 5) is 32.4. The minimum atomic E-state index is -0.635. The number of nitrogens with zero attached hydrogens (tertiary/aromatic N) is 2. The summed E-state index contributed by atoms with van der Waals surface area (Å²) in [7, 11) is 0. The Morgan fingerprint density at radius 2 is 2.07 bits per heavy atom. The standard InChI is InChI=1S/C25H29N3O2/c1-2-13-27-24(30)25(12-6-15-28(18-25)23(29)19-10-11-19)16-20-7-3-4-9-22(20)21-8-5-14-26-17-21/h2-5,7-9,14,17,19H,1,6,10-13,15-16,18H2,(H,27,30)/t25-/m0/s1. The molecule has 156 valence electrons. The Morgan fingerprint density at radius 3 is 2.80 bits per heavy atom. The van der Waals surface area contributed by atoms with E-state index in [1.807, 2.05) is 35.4 Å². The van der Waals surface area contributed by atoms with Gasteiger partial charge in [-0.25, -0.2) is 0 Å². The first-order chi connectivity index (χ1) is 14.6. The number of amides is 2. The van der Waals surface area contributed by atoms with Gasteiger partial charge in [-0.3, -0.25) is 14.6 Å². The van der Waals surface area contributed by atoms with Crippen molar-refractivity contribution in [1.82, 2.24) is 15.2 Å². The summed E-state index contributed by atoms with van der Waals surface area (Å²) < 4.78 is 0. The molecular formula is C25H29N3O2. The van der Waals surface area contributed by atoms with Crippen molar-refractivity contribution >= 4 is 11.8 Å². The van der Waals surface area contributed by atoms with Gasteiger partial charge in [0.15, 0.2) is 0 Å². The van der Waals surface area contributed by atoms with Gasteiger partial charge >= 0.3 is 0 Å². The van der Waals surface area contributed by atoms with Crippen molar-refractivity contribution in [2.45, 2.75) is 32.1 Å². The summed E-state index contributed by atoms with van der Waals surface area (Å²) in [6, 6.07) is 12.2. The van der Waals surface area contributed by atoms with E-state index in [-0.39, 0.29) is 17.7 Å². The average Bonchev–Trinajstić information content (AvgIpc) is 3.63. The highest BCUT2D eigenvalue weighted by Crippen LogP contribution is 2.39. The minimum Gasteiger partial charge on any atom is -0.352 e. The summed E-state index contributed by atoms with van der Waals surface area (Å²) in [5, 5.41) is 3.02. The van der Waals surface area contributed by atoms with Gasteiger partial charge in [-0.15, -0.1) is 6.58 Å². The van der Waals surface area contributed by atoms with Crippen molar-refractivity contribution in [3.05, 3.63) is 67.0 Å². The number of benzene rings is 1. The monoisotopic (exact) mass is 403 g/mol. The minimum absolute atomic E-state index is 0.0108. The maximum atomic E-state index is 13.4. The molecule has 1 N–H and O–H groups in total. The van der Waals surface area contributed by atoms with E-state index in [0.29, 0.717) is 19.5 Å². The smallest absolute Gasteiger partial charge is 0.228 e. The summed E-state index contributed by atoms with van der Waals surface area (Å²) >= 11 is 0. The average molecular weight is 404 g/mol. The van der Waals surface area contributed by atoms with Crippen LogP contribution in [0.15, 0.2) is 61.4 Å². The molecule has 1 saturated heterocycles. The summed E-state index contributed by atoms with van der Waals surface area (Å²) in [5.41, 5.74) is 2.60. The number of hydrogen-bond acceptors (Lipinski definition) is 3. The van der Waals surface area contributed by atoms with Crippen LogP contribution in [0.4, 0.5) is 0 Å². The van der Waals surface area contributed by atoms with Crippen LogP contribution in [0, 0.1) is 11.3 Å². The Morgan fingerprint density at radius 1 is 1.23 bits per heavy atom. The Hall–Kier alpha value is -2.95. The second kappa shape index (κ2) is 8.82. The zero-order valence-electron chi connectivity index (χ0n) is 17.3. The molecule has 1 aliphatic carbocycles. The van der Waals surface area contributed by atoms with Crippen LogP contribution in [-0.4, -0.2) is 41.3 Å². The van der Waals surface area contributed by atoms with Crippen LogP contribution in [0.25, 0.3) is 11.1 Å². The summed E-state index contributed by atoms with van der Waals surface area (Å²) in [6.45, 7) is 5.38. The fourth-order valence-electron chi connectivity index (χ4n) is 4.51. The molecule has 2 aliphatic rings. The lowest BCUT2D eigenvalue weighted by Gasteiger charge is -2.42. The van der Waals surface area contributed by atoms with Gasteiger partial charge in [0.1, 0.15) is 0 Å². The molecule has 1 aliphatic heterocycles. The molecule has 5 nitrogen and oxygen atoms in total. The molecule has 5 heteroatoms. The van der Waals surface area contributed by atoms with E-state index in [4.69, 9.17) is 0 Å². The number of aromatic nitrogens is 1. The fourth-order valence-corrected chi connectivity index (χ4v) is 4.51. The van der Waals surface area contributed by atoms with Crippen LogP contribution in [-0.2, 0) is 16.0 Å². The van der Waals surface area contributed by atoms with Gasteiger partial charge in [-0.05, 0) is 49.3 Å². The van der Waals surface area contributed by atoms with Gasteiger partial charge in [0, 0.05) is 43.5 Å². The number of pyridine rings is 1. The molecule has 2 heterocycles. The topological polar surface area (TPSA) is 62.3 Å². The fraction of sp³-hybridized carbons (Fsp3) is 0.400. The highest BCUT2D eigenvalue weighted by atomic mass is 16.2. The van der Waals surface area contributed by atoms with Crippen molar-refractivity contribution in [3.63, 3.8) is 0 Å². The number of piperidine rings is 1. The number of likely N-dealkylation sites (tertiary alicyclic amines) is 1. The molecule has 0 bridgehead atoms. The number of rotatable bonds is 7. The van der Waals surface area contributed by atoms with Crippen LogP contribution in [0.3, 0.4) is 0 Å². The van der Waals surface area contributed by atoms with Gasteiger partial charge in [0.2, 0.25) is 11.8 Å². The summed E-state index contributed by atoms with van der Waals surface area (Å²) in [6.07, 6.45) is 9.48. The second-order valence-electron chi connectivity index (χ2n) is 8.49. The van der Waals surface area contributed by atoms with Gasteiger partial charge < -0.3 is 10.2 Å². The van der Waals surface area contributed by atoms with E-state index >= 15 is 0 Å². The third kappa shape index (κ3) is 4.30. The molecule has 1 saturated carbocycles. The number of nitrogens with one attached hydrogen (secondary N) is 1. The normalized spacial score (nSPS) is 21.1. The molecule has 4 rings (SSSR count). The first kappa shape index (κ1) is 20.3. The Bertz CT molecular complexity index is 923. The Balaban J connectivity index is 1.66. The SMILES string of the molecule is C=CCNC(=O)[C@]1(Cc2ccccc2-c2cccnc2)CCCN(C(=O)C2CC2)C1. The molecule has 2 fully saturated rings. The first-order valence-corrected chi connectivity index (χ1v) is 10.8. The van der Waals surface area contributed by atoms with E-state index in [9.17, 15) is 9.59 Å². The lowest BCUT2D eigenvalue weighted by Crippen LogP contribution is -2.54. The molecule has 0 unspecified atom stereocenters. The van der Waals surface area contributed by atoms with Crippen LogP contribution < -0.4 is 5.32 Å².